The second kappa shape index (κ2) is 11.4. The molecular weight excluding hydrogens is 555 g/mol. The van der Waals surface area contributed by atoms with Crippen LogP contribution >= 0.6 is 0 Å². The summed E-state index contributed by atoms with van der Waals surface area (Å²) in [7, 11) is 2.15. The third kappa shape index (κ3) is 6.15. The van der Waals surface area contributed by atoms with Crippen LogP contribution < -0.4 is 5.32 Å². The summed E-state index contributed by atoms with van der Waals surface area (Å²) in [6.07, 6.45) is 4.38. The summed E-state index contributed by atoms with van der Waals surface area (Å²) in [6.45, 7) is 4.02. The minimum atomic E-state index is -4.54. The molecule has 8 nitrogen and oxygen atoms in total. The van der Waals surface area contributed by atoms with Gasteiger partial charge in [-0.25, -0.2) is 15.0 Å². The van der Waals surface area contributed by atoms with E-state index in [2.05, 4.69) is 54.8 Å². The third-order valence-corrected chi connectivity index (χ3v) is 7.66. The van der Waals surface area contributed by atoms with Crippen LogP contribution in [0.2, 0.25) is 0 Å². The first kappa shape index (κ1) is 28.2. The standard InChI is InChI=1S/C32H28F3N7O/c1-21-3-6-24(31(43)39-29-17-25(9-12-36-29)32(33,34)35)16-23(21)7-4-22-5-8-28-27(15-22)37-20-42(28)30-18-41(19-38-30)26-10-13-40(2)14-11-26/h3,5-6,8-9,12,15-20,26H,10-11,13-14H2,1-2H3,(H,36,39,43). The Labute approximate surface area is 246 Å². The summed E-state index contributed by atoms with van der Waals surface area (Å²) in [5.41, 5.74) is 3.27. The quantitative estimate of drug-likeness (QED) is 0.268. The van der Waals surface area contributed by atoms with Crippen LogP contribution in [0.4, 0.5) is 19.0 Å². The number of likely N-dealkylation sites (tertiary alicyclic amines) is 1. The van der Waals surface area contributed by atoms with Gasteiger partial charge in [-0.2, -0.15) is 13.2 Å². The highest BCUT2D eigenvalue weighted by molar-refractivity contribution is 6.04. The Hall–Kier alpha value is -4.95. The second-order valence-electron chi connectivity index (χ2n) is 10.7. The van der Waals surface area contributed by atoms with Gasteiger partial charge in [0.25, 0.3) is 5.91 Å². The fraction of sp³-hybridized carbons (Fsp3) is 0.250. The van der Waals surface area contributed by atoms with Gasteiger partial charge in [-0.05, 0) is 87.9 Å². The lowest BCUT2D eigenvalue weighted by molar-refractivity contribution is -0.137. The van der Waals surface area contributed by atoms with Crippen molar-refractivity contribution in [2.75, 3.05) is 25.5 Å². The van der Waals surface area contributed by atoms with Crippen molar-refractivity contribution < 1.29 is 18.0 Å². The second-order valence-corrected chi connectivity index (χ2v) is 10.7. The van der Waals surface area contributed by atoms with Crippen molar-refractivity contribution in [3.05, 3.63) is 101 Å². The maximum atomic E-state index is 13.0. The molecule has 2 aromatic carbocycles. The SMILES string of the molecule is Cc1ccc(C(=O)Nc2cc(C(F)(F)F)ccn2)cc1C#Cc1ccc2c(c1)ncn2-c1cn(C2CCN(C)CC2)cn1. The number of nitrogens with one attached hydrogen (secondary N) is 1. The van der Waals surface area contributed by atoms with Crippen molar-refractivity contribution in [1.29, 1.82) is 0 Å². The van der Waals surface area contributed by atoms with E-state index in [0.717, 1.165) is 72.2 Å². The molecule has 0 atom stereocenters. The zero-order valence-electron chi connectivity index (χ0n) is 23.6. The van der Waals surface area contributed by atoms with E-state index in [1.807, 2.05) is 36.0 Å². The van der Waals surface area contributed by atoms with Crippen LogP contribution in [0.25, 0.3) is 16.9 Å². The molecule has 0 spiro atoms. The number of pyridine rings is 1. The fourth-order valence-electron chi connectivity index (χ4n) is 5.12. The average molecular weight is 584 g/mol. The first-order valence-corrected chi connectivity index (χ1v) is 13.8. The normalized spacial score (nSPS) is 14.4. The van der Waals surface area contributed by atoms with Gasteiger partial charge in [-0.1, -0.05) is 17.9 Å². The Morgan fingerprint density at radius 1 is 0.977 bits per heavy atom. The molecule has 0 bridgehead atoms. The van der Waals surface area contributed by atoms with Gasteiger partial charge in [0.2, 0.25) is 0 Å². The first-order chi connectivity index (χ1) is 20.6. The van der Waals surface area contributed by atoms with Crippen LogP contribution in [0, 0.1) is 18.8 Å². The Morgan fingerprint density at radius 3 is 2.58 bits per heavy atom. The van der Waals surface area contributed by atoms with E-state index < -0.39 is 17.6 Å². The van der Waals surface area contributed by atoms with Crippen LogP contribution in [-0.2, 0) is 6.18 Å². The van der Waals surface area contributed by atoms with Gasteiger partial charge in [0.05, 0.1) is 22.9 Å². The summed E-state index contributed by atoms with van der Waals surface area (Å²) >= 11 is 0. The van der Waals surface area contributed by atoms with Gasteiger partial charge in [-0.15, -0.1) is 0 Å². The van der Waals surface area contributed by atoms with Gasteiger partial charge in [0, 0.05) is 35.1 Å². The summed E-state index contributed by atoms with van der Waals surface area (Å²) in [6, 6.07) is 12.8. The van der Waals surface area contributed by atoms with E-state index in [0.29, 0.717) is 11.6 Å². The molecule has 3 aromatic heterocycles. The maximum absolute atomic E-state index is 13.0. The molecule has 0 aliphatic carbocycles. The number of halogens is 3. The number of imidazole rings is 2. The Kier molecular flexibility index (Phi) is 7.46. The van der Waals surface area contributed by atoms with Crippen molar-refractivity contribution in [2.24, 2.45) is 0 Å². The molecule has 0 saturated carbocycles. The van der Waals surface area contributed by atoms with Crippen LogP contribution in [0.1, 0.15) is 51.5 Å². The Balaban J connectivity index is 1.19. The monoisotopic (exact) mass is 583 g/mol. The number of carbonyl (C=O) groups is 1. The number of anilines is 1. The average Bonchev–Trinajstić information content (AvgIpc) is 3.64. The lowest BCUT2D eigenvalue weighted by atomic mass is 10.0. The first-order valence-electron chi connectivity index (χ1n) is 13.8. The Morgan fingerprint density at radius 2 is 1.79 bits per heavy atom. The molecule has 1 N–H and O–H groups in total. The summed E-state index contributed by atoms with van der Waals surface area (Å²) < 4.78 is 43.2. The largest absolute Gasteiger partial charge is 0.416 e. The van der Waals surface area contributed by atoms with E-state index in [-0.39, 0.29) is 11.4 Å². The number of fused-ring (bicyclic) bond motifs is 1. The number of aryl methyl sites for hydroxylation is 1. The number of aromatic nitrogens is 5. The topological polar surface area (TPSA) is 80.9 Å². The van der Waals surface area contributed by atoms with Crippen LogP contribution in [0.15, 0.2) is 73.6 Å². The summed E-state index contributed by atoms with van der Waals surface area (Å²) in [4.78, 5) is 28.2. The minimum Gasteiger partial charge on any atom is -0.332 e. The van der Waals surface area contributed by atoms with Gasteiger partial charge < -0.3 is 14.8 Å². The number of piperidine rings is 1. The van der Waals surface area contributed by atoms with Crippen molar-refractivity contribution in [1.82, 2.24) is 29.0 Å². The molecule has 1 fully saturated rings. The van der Waals surface area contributed by atoms with Crippen molar-refractivity contribution in [3.63, 3.8) is 0 Å². The number of rotatable bonds is 4. The van der Waals surface area contributed by atoms with Gasteiger partial charge in [-0.3, -0.25) is 9.36 Å². The lowest BCUT2D eigenvalue weighted by Gasteiger charge is -2.29. The van der Waals surface area contributed by atoms with Crippen LogP contribution in [0.3, 0.4) is 0 Å². The molecule has 218 valence electrons. The smallest absolute Gasteiger partial charge is 0.332 e. The van der Waals surface area contributed by atoms with E-state index in [4.69, 9.17) is 0 Å². The molecule has 1 aliphatic heterocycles. The van der Waals surface area contributed by atoms with Crippen LogP contribution in [0.5, 0.6) is 0 Å². The Bertz CT molecular complexity index is 1870. The maximum Gasteiger partial charge on any atom is 0.416 e. The molecule has 11 heteroatoms. The van der Waals surface area contributed by atoms with E-state index >= 15 is 0 Å². The highest BCUT2D eigenvalue weighted by Gasteiger charge is 2.31. The molecule has 0 unspecified atom stereocenters. The number of carbonyl (C=O) groups excluding carboxylic acids is 1. The molecule has 4 heterocycles. The van der Waals surface area contributed by atoms with Gasteiger partial charge in [0.1, 0.15) is 12.1 Å². The number of hydrogen-bond acceptors (Lipinski definition) is 5. The number of nitrogens with zero attached hydrogens (tertiary/aromatic N) is 6. The number of alkyl halides is 3. The minimum absolute atomic E-state index is 0.186. The molecular formula is C32H28F3N7O. The van der Waals surface area contributed by atoms with E-state index in [1.54, 1.807) is 24.5 Å². The highest BCUT2D eigenvalue weighted by atomic mass is 19.4. The zero-order valence-corrected chi connectivity index (χ0v) is 23.6. The number of hydrogen-bond donors (Lipinski definition) is 1. The van der Waals surface area contributed by atoms with Gasteiger partial charge in [0.15, 0.2) is 5.82 Å². The summed E-state index contributed by atoms with van der Waals surface area (Å²) in [5.74, 6) is 6.30. The van der Waals surface area contributed by atoms with Crippen molar-refractivity contribution in [2.45, 2.75) is 32.0 Å². The number of amides is 1. The predicted octanol–water partition coefficient (Wildman–Crippen LogP) is 5.86. The molecule has 0 radical (unpaired) electrons. The zero-order chi connectivity index (χ0) is 30.1. The third-order valence-electron chi connectivity index (χ3n) is 7.66. The van der Waals surface area contributed by atoms with Crippen molar-refractivity contribution >= 4 is 22.8 Å². The molecule has 1 amide bonds. The highest BCUT2D eigenvalue weighted by Crippen LogP contribution is 2.30. The molecule has 6 rings (SSSR count). The molecule has 43 heavy (non-hydrogen) atoms. The lowest BCUT2D eigenvalue weighted by Crippen LogP contribution is -2.31. The van der Waals surface area contributed by atoms with E-state index in [9.17, 15) is 18.0 Å². The van der Waals surface area contributed by atoms with Gasteiger partial charge >= 0.3 is 6.18 Å². The summed E-state index contributed by atoms with van der Waals surface area (Å²) in [5, 5.41) is 2.43. The van der Waals surface area contributed by atoms with Crippen molar-refractivity contribution in [3.8, 4) is 17.7 Å². The van der Waals surface area contributed by atoms with E-state index in [1.165, 1.54) is 0 Å². The fourth-order valence-corrected chi connectivity index (χ4v) is 5.12. The van der Waals surface area contributed by atoms with Crippen LogP contribution in [-0.4, -0.2) is 55.0 Å². The molecule has 5 aromatic rings. The predicted molar refractivity (Wildman–Crippen MR) is 157 cm³/mol. The number of benzene rings is 2. The molecule has 1 saturated heterocycles. The molecule has 1 aliphatic rings.